The van der Waals surface area contributed by atoms with E-state index in [0.29, 0.717) is 22.4 Å². The number of rotatable bonds is 6. The summed E-state index contributed by atoms with van der Waals surface area (Å²) in [5.74, 6) is 0.0441. The lowest BCUT2D eigenvalue weighted by Crippen LogP contribution is -2.16. The third kappa shape index (κ3) is 4.34. The van der Waals surface area contributed by atoms with Gasteiger partial charge in [-0.05, 0) is 70.0 Å². The molecule has 0 fully saturated rings. The summed E-state index contributed by atoms with van der Waals surface area (Å²) in [6.45, 7) is 8.77. The van der Waals surface area contributed by atoms with Crippen molar-refractivity contribution >= 4 is 31.6 Å². The van der Waals surface area contributed by atoms with E-state index >= 15 is 0 Å². The molecule has 0 aliphatic rings. The molecule has 1 aromatic heterocycles. The maximum atomic E-state index is 12.9. The summed E-state index contributed by atoms with van der Waals surface area (Å²) in [6, 6.07) is 9.01. The number of nitrogens with one attached hydrogen (secondary N) is 2. The van der Waals surface area contributed by atoms with Crippen molar-refractivity contribution < 1.29 is 21.4 Å². The maximum Gasteiger partial charge on any atom is 0.264 e. The van der Waals surface area contributed by atoms with Crippen LogP contribution in [0.4, 0.5) is 11.6 Å². The fourth-order valence-electron chi connectivity index (χ4n) is 3.19. The van der Waals surface area contributed by atoms with Crippen molar-refractivity contribution in [2.75, 3.05) is 9.44 Å². The smallest absolute Gasteiger partial charge is 0.264 e. The highest BCUT2D eigenvalue weighted by atomic mass is 32.2. The second-order valence-electron chi connectivity index (χ2n) is 7.19. The molecule has 0 atom stereocenters. The van der Waals surface area contributed by atoms with Crippen molar-refractivity contribution in [1.82, 2.24) is 5.16 Å². The van der Waals surface area contributed by atoms with Crippen LogP contribution < -0.4 is 9.44 Å². The standard InChI is InChI=1S/C20H23N3O5S2/c1-12-10-13(2)19(14(3)11-12)30(26,27)22-17-6-8-18(9-7-17)29(24,25)23-20-15(4)16(5)21-28-20/h6-11,22-23H,1-5H3. The molecule has 1 heterocycles. The van der Waals surface area contributed by atoms with E-state index in [1.165, 1.54) is 24.3 Å². The quantitative estimate of drug-likeness (QED) is 0.591. The Morgan fingerprint density at radius 2 is 1.37 bits per heavy atom. The van der Waals surface area contributed by atoms with E-state index in [1.807, 2.05) is 6.92 Å². The van der Waals surface area contributed by atoms with Crippen LogP contribution in [0.1, 0.15) is 27.9 Å². The van der Waals surface area contributed by atoms with Crippen LogP contribution in [0.25, 0.3) is 0 Å². The fourth-order valence-corrected chi connectivity index (χ4v) is 5.75. The van der Waals surface area contributed by atoms with E-state index in [-0.39, 0.29) is 21.4 Å². The van der Waals surface area contributed by atoms with Crippen LogP contribution in [-0.2, 0) is 20.0 Å². The summed E-state index contributed by atoms with van der Waals surface area (Å²) in [7, 11) is -7.74. The summed E-state index contributed by atoms with van der Waals surface area (Å²) in [6.07, 6.45) is 0. The Bertz CT molecular complexity index is 1290. The number of benzene rings is 2. The molecule has 0 spiro atoms. The first-order chi connectivity index (χ1) is 13.9. The highest BCUT2D eigenvalue weighted by molar-refractivity contribution is 7.93. The van der Waals surface area contributed by atoms with Gasteiger partial charge in [0.1, 0.15) is 0 Å². The molecule has 0 amide bonds. The average Bonchev–Trinajstić information content (AvgIpc) is 2.92. The highest BCUT2D eigenvalue weighted by Crippen LogP contribution is 2.26. The molecule has 10 heteroatoms. The predicted octanol–water partition coefficient (Wildman–Crippen LogP) is 3.82. The van der Waals surface area contributed by atoms with Gasteiger partial charge in [0.25, 0.3) is 20.0 Å². The maximum absolute atomic E-state index is 12.9. The lowest BCUT2D eigenvalue weighted by Gasteiger charge is -2.14. The van der Waals surface area contributed by atoms with Gasteiger partial charge in [-0.1, -0.05) is 22.9 Å². The topological polar surface area (TPSA) is 118 Å². The SMILES string of the molecule is Cc1cc(C)c(S(=O)(=O)Nc2ccc(S(=O)(=O)Nc3onc(C)c3C)cc2)c(C)c1. The van der Waals surface area contributed by atoms with Gasteiger partial charge in [-0.2, -0.15) is 0 Å². The van der Waals surface area contributed by atoms with Crippen LogP contribution in [0.2, 0.25) is 0 Å². The largest absolute Gasteiger partial charge is 0.337 e. The molecule has 0 saturated carbocycles. The third-order valence-electron chi connectivity index (χ3n) is 4.67. The Kier molecular flexibility index (Phi) is 5.66. The van der Waals surface area contributed by atoms with Gasteiger partial charge < -0.3 is 4.52 Å². The van der Waals surface area contributed by atoms with Crippen LogP contribution in [-0.4, -0.2) is 22.0 Å². The van der Waals surface area contributed by atoms with E-state index < -0.39 is 20.0 Å². The zero-order valence-electron chi connectivity index (χ0n) is 17.3. The average molecular weight is 450 g/mol. The molecular formula is C20H23N3O5S2. The molecule has 0 bridgehead atoms. The third-order valence-corrected chi connectivity index (χ3v) is 7.71. The minimum absolute atomic E-state index is 0.0402. The molecule has 0 aliphatic heterocycles. The van der Waals surface area contributed by atoms with Crippen molar-refractivity contribution in [2.24, 2.45) is 0 Å². The van der Waals surface area contributed by atoms with E-state index in [0.717, 1.165) is 5.56 Å². The minimum atomic E-state index is -3.91. The molecule has 0 aliphatic carbocycles. The van der Waals surface area contributed by atoms with Gasteiger partial charge >= 0.3 is 0 Å². The Balaban J connectivity index is 1.85. The number of nitrogens with zero attached hydrogens (tertiary/aromatic N) is 1. The Hall–Kier alpha value is -2.85. The molecule has 3 aromatic rings. The summed E-state index contributed by atoms with van der Waals surface area (Å²) >= 11 is 0. The van der Waals surface area contributed by atoms with E-state index in [9.17, 15) is 16.8 Å². The van der Waals surface area contributed by atoms with Gasteiger partial charge in [0, 0.05) is 11.3 Å². The molecule has 0 saturated heterocycles. The number of hydrogen-bond acceptors (Lipinski definition) is 6. The van der Waals surface area contributed by atoms with Gasteiger partial charge in [-0.3, -0.25) is 4.72 Å². The van der Waals surface area contributed by atoms with Gasteiger partial charge in [-0.25, -0.2) is 21.6 Å². The molecule has 2 aromatic carbocycles. The predicted molar refractivity (Wildman–Crippen MR) is 115 cm³/mol. The Morgan fingerprint density at radius 1 is 0.800 bits per heavy atom. The normalized spacial score (nSPS) is 12.0. The minimum Gasteiger partial charge on any atom is -0.337 e. The molecule has 0 unspecified atom stereocenters. The summed E-state index contributed by atoms with van der Waals surface area (Å²) < 4.78 is 60.7. The number of anilines is 2. The van der Waals surface area contributed by atoms with Gasteiger partial charge in [0.15, 0.2) is 0 Å². The molecule has 3 rings (SSSR count). The van der Waals surface area contributed by atoms with Crippen LogP contribution in [0.5, 0.6) is 0 Å². The fraction of sp³-hybridized carbons (Fsp3) is 0.250. The molecule has 8 nitrogen and oxygen atoms in total. The number of aromatic nitrogens is 1. The first-order valence-corrected chi connectivity index (χ1v) is 12.0. The summed E-state index contributed by atoms with van der Waals surface area (Å²) in [4.78, 5) is 0.171. The van der Waals surface area contributed by atoms with Crippen LogP contribution >= 0.6 is 0 Å². The van der Waals surface area contributed by atoms with Crippen LogP contribution in [0.15, 0.2) is 50.7 Å². The van der Waals surface area contributed by atoms with Crippen molar-refractivity contribution in [3.8, 4) is 0 Å². The first kappa shape index (κ1) is 21.8. The molecule has 2 N–H and O–H groups in total. The van der Waals surface area contributed by atoms with Crippen molar-refractivity contribution in [1.29, 1.82) is 0 Å². The monoisotopic (exact) mass is 449 g/mol. The highest BCUT2D eigenvalue weighted by Gasteiger charge is 2.22. The first-order valence-electron chi connectivity index (χ1n) is 9.07. The Morgan fingerprint density at radius 3 is 1.87 bits per heavy atom. The molecule has 160 valence electrons. The van der Waals surface area contributed by atoms with E-state index in [4.69, 9.17) is 4.52 Å². The van der Waals surface area contributed by atoms with E-state index in [2.05, 4.69) is 14.6 Å². The molecular weight excluding hydrogens is 426 g/mol. The lowest BCUT2D eigenvalue weighted by molar-refractivity contribution is 0.430. The van der Waals surface area contributed by atoms with E-state index in [1.54, 1.807) is 39.8 Å². The second-order valence-corrected chi connectivity index (χ2v) is 10.5. The zero-order valence-corrected chi connectivity index (χ0v) is 18.9. The molecule has 30 heavy (non-hydrogen) atoms. The number of sulfonamides is 2. The van der Waals surface area contributed by atoms with Crippen molar-refractivity contribution in [3.63, 3.8) is 0 Å². The van der Waals surface area contributed by atoms with Gasteiger partial charge in [0.2, 0.25) is 5.88 Å². The van der Waals surface area contributed by atoms with Crippen molar-refractivity contribution in [3.05, 3.63) is 64.3 Å². The Labute approximate surface area is 176 Å². The zero-order chi connectivity index (χ0) is 22.3. The summed E-state index contributed by atoms with van der Waals surface area (Å²) in [5, 5.41) is 3.72. The van der Waals surface area contributed by atoms with Gasteiger partial charge in [0.05, 0.1) is 15.5 Å². The summed E-state index contributed by atoms with van der Waals surface area (Å²) in [5.41, 5.74) is 3.68. The molecule has 0 radical (unpaired) electrons. The lowest BCUT2D eigenvalue weighted by atomic mass is 10.1. The van der Waals surface area contributed by atoms with Gasteiger partial charge in [-0.15, -0.1) is 0 Å². The van der Waals surface area contributed by atoms with Crippen molar-refractivity contribution in [2.45, 2.75) is 44.4 Å². The second kappa shape index (κ2) is 7.77. The number of aryl methyl sites for hydroxylation is 4. The number of hydrogen-bond donors (Lipinski definition) is 2. The van der Waals surface area contributed by atoms with Crippen LogP contribution in [0.3, 0.4) is 0 Å². The van der Waals surface area contributed by atoms with Crippen LogP contribution in [0, 0.1) is 34.6 Å².